The molecule has 3 aromatic heterocycles. The van der Waals surface area contributed by atoms with Gasteiger partial charge >= 0.3 is 0 Å². The zero-order chi connectivity index (χ0) is 16.0. The van der Waals surface area contributed by atoms with E-state index in [1.54, 1.807) is 11.3 Å². The Hall–Kier alpha value is -2.60. The zero-order valence-electron chi connectivity index (χ0n) is 12.9. The number of benzene rings is 1. The van der Waals surface area contributed by atoms with Crippen molar-refractivity contribution >= 4 is 33.1 Å². The molecule has 1 amide bonds. The number of hydrogen-bond donors (Lipinski definition) is 2. The lowest BCUT2D eigenvalue weighted by atomic mass is 10.1. The van der Waals surface area contributed by atoms with E-state index >= 15 is 0 Å². The average molecular weight is 324 g/mol. The first-order chi connectivity index (χ1) is 11.1. The largest absolute Gasteiger partial charge is 0.351 e. The quantitative estimate of drug-likeness (QED) is 0.606. The van der Waals surface area contributed by atoms with Crippen molar-refractivity contribution in [1.82, 2.24) is 19.7 Å². The third-order valence-electron chi connectivity index (χ3n) is 3.91. The highest BCUT2D eigenvalue weighted by molar-refractivity contribution is 7.15. The Balaban J connectivity index is 1.54. The summed E-state index contributed by atoms with van der Waals surface area (Å²) in [6.07, 6.45) is 3.89. The number of fused-ring (bicyclic) bond motifs is 2. The number of rotatable bonds is 3. The summed E-state index contributed by atoms with van der Waals surface area (Å²) in [5, 5.41) is 5.99. The first kappa shape index (κ1) is 14.0. The normalized spacial score (nSPS) is 11.4. The molecular weight excluding hydrogens is 308 g/mol. The number of carbonyl (C=O) groups is 1. The van der Waals surface area contributed by atoms with E-state index in [1.165, 1.54) is 11.1 Å². The lowest BCUT2D eigenvalue weighted by Gasteiger charge is -2.00. The van der Waals surface area contributed by atoms with Gasteiger partial charge in [0.05, 0.1) is 12.2 Å². The number of thiazole rings is 1. The van der Waals surface area contributed by atoms with Gasteiger partial charge in [-0.15, -0.1) is 11.3 Å². The second kappa shape index (κ2) is 5.24. The van der Waals surface area contributed by atoms with Crippen molar-refractivity contribution in [1.29, 1.82) is 0 Å². The van der Waals surface area contributed by atoms with Crippen LogP contribution in [0.5, 0.6) is 0 Å². The second-order valence-electron chi connectivity index (χ2n) is 5.73. The van der Waals surface area contributed by atoms with E-state index in [1.807, 2.05) is 28.2 Å². The van der Waals surface area contributed by atoms with E-state index in [0.717, 1.165) is 21.6 Å². The number of hydrogen-bond acceptors (Lipinski definition) is 3. The van der Waals surface area contributed by atoms with Crippen molar-refractivity contribution in [3.05, 3.63) is 58.5 Å². The predicted octanol–water partition coefficient (Wildman–Crippen LogP) is 3.42. The average Bonchev–Trinajstić information content (AvgIpc) is 3.17. The second-order valence-corrected chi connectivity index (χ2v) is 6.61. The van der Waals surface area contributed by atoms with E-state index in [9.17, 15) is 4.79 Å². The Labute approximate surface area is 137 Å². The number of aromatic nitrogens is 3. The van der Waals surface area contributed by atoms with E-state index in [-0.39, 0.29) is 5.91 Å². The molecule has 4 aromatic rings. The molecule has 0 aliphatic rings. The molecule has 1 aromatic carbocycles. The molecule has 6 heteroatoms. The molecule has 0 bridgehead atoms. The molecule has 2 N–H and O–H groups in total. The highest BCUT2D eigenvalue weighted by atomic mass is 32.1. The Bertz CT molecular complexity index is 995. The number of amides is 1. The number of nitrogens with zero attached hydrogens (tertiary/aromatic N) is 2. The van der Waals surface area contributed by atoms with Gasteiger partial charge in [0.2, 0.25) is 0 Å². The van der Waals surface area contributed by atoms with Gasteiger partial charge in [0.1, 0.15) is 5.69 Å². The van der Waals surface area contributed by atoms with Crippen LogP contribution in [0.3, 0.4) is 0 Å². The SMILES string of the molecule is Cc1cc(C)c2cc(C(=O)NCc3cn4ccsc4n3)[nH]c2c1. The summed E-state index contributed by atoms with van der Waals surface area (Å²) < 4.78 is 1.96. The molecule has 116 valence electrons. The standard InChI is InChI=1S/C17H16N4OS/c1-10-5-11(2)13-7-15(20-14(13)6-10)16(22)18-8-12-9-21-3-4-23-17(21)19-12/h3-7,9,20H,8H2,1-2H3,(H,18,22). The Morgan fingerprint density at radius 1 is 1.35 bits per heavy atom. The molecule has 0 saturated heterocycles. The van der Waals surface area contributed by atoms with Crippen LogP contribution in [0.1, 0.15) is 27.3 Å². The van der Waals surface area contributed by atoms with Crippen LogP contribution in [0.25, 0.3) is 15.9 Å². The van der Waals surface area contributed by atoms with Gasteiger partial charge in [-0.2, -0.15) is 0 Å². The number of carbonyl (C=O) groups excluding carboxylic acids is 1. The molecule has 23 heavy (non-hydrogen) atoms. The third-order valence-corrected chi connectivity index (χ3v) is 4.68. The molecule has 0 radical (unpaired) electrons. The molecule has 4 rings (SSSR count). The van der Waals surface area contributed by atoms with Crippen molar-refractivity contribution in [2.45, 2.75) is 20.4 Å². The molecule has 3 heterocycles. The van der Waals surface area contributed by atoms with Gasteiger partial charge in [0.15, 0.2) is 4.96 Å². The number of H-pyrrole nitrogens is 1. The lowest BCUT2D eigenvalue weighted by Crippen LogP contribution is -2.23. The van der Waals surface area contributed by atoms with Crippen LogP contribution in [0, 0.1) is 13.8 Å². The Kier molecular flexibility index (Phi) is 3.20. The van der Waals surface area contributed by atoms with E-state index in [4.69, 9.17) is 0 Å². The molecule has 0 fully saturated rings. The van der Waals surface area contributed by atoms with Gasteiger partial charge < -0.3 is 10.3 Å². The van der Waals surface area contributed by atoms with E-state index in [2.05, 4.69) is 41.3 Å². The predicted molar refractivity (Wildman–Crippen MR) is 92.0 cm³/mol. The fourth-order valence-electron chi connectivity index (χ4n) is 2.85. The van der Waals surface area contributed by atoms with Crippen molar-refractivity contribution in [3.63, 3.8) is 0 Å². The minimum absolute atomic E-state index is 0.116. The van der Waals surface area contributed by atoms with Crippen molar-refractivity contribution in [2.75, 3.05) is 0 Å². The highest BCUT2D eigenvalue weighted by Gasteiger charge is 2.12. The number of imidazole rings is 1. The Morgan fingerprint density at radius 2 is 2.22 bits per heavy atom. The summed E-state index contributed by atoms with van der Waals surface area (Å²) in [5.74, 6) is -0.116. The summed E-state index contributed by atoms with van der Waals surface area (Å²) in [6.45, 7) is 4.53. The highest BCUT2D eigenvalue weighted by Crippen LogP contribution is 2.21. The maximum absolute atomic E-state index is 12.4. The van der Waals surface area contributed by atoms with Crippen LogP contribution in [-0.2, 0) is 6.54 Å². The Morgan fingerprint density at radius 3 is 3.04 bits per heavy atom. The lowest BCUT2D eigenvalue weighted by molar-refractivity contribution is 0.0946. The summed E-state index contributed by atoms with van der Waals surface area (Å²) in [5.41, 5.74) is 4.78. The monoisotopic (exact) mass is 324 g/mol. The molecule has 0 aliphatic heterocycles. The zero-order valence-corrected chi connectivity index (χ0v) is 13.7. The minimum atomic E-state index is -0.116. The maximum Gasteiger partial charge on any atom is 0.268 e. The van der Waals surface area contributed by atoms with E-state index < -0.39 is 0 Å². The van der Waals surface area contributed by atoms with Crippen LogP contribution in [0.15, 0.2) is 36.0 Å². The van der Waals surface area contributed by atoms with E-state index in [0.29, 0.717) is 12.2 Å². The summed E-state index contributed by atoms with van der Waals surface area (Å²) in [4.78, 5) is 21.0. The summed E-state index contributed by atoms with van der Waals surface area (Å²) in [6, 6.07) is 6.09. The minimum Gasteiger partial charge on any atom is -0.351 e. The van der Waals surface area contributed by atoms with Gasteiger partial charge in [0, 0.05) is 28.7 Å². The first-order valence-electron chi connectivity index (χ1n) is 7.39. The van der Waals surface area contributed by atoms with Crippen molar-refractivity contribution in [3.8, 4) is 0 Å². The molecule has 0 saturated carbocycles. The van der Waals surface area contributed by atoms with Gasteiger partial charge in [-0.25, -0.2) is 4.98 Å². The molecule has 0 unspecified atom stereocenters. The smallest absolute Gasteiger partial charge is 0.268 e. The van der Waals surface area contributed by atoms with Crippen LogP contribution >= 0.6 is 11.3 Å². The first-order valence-corrected chi connectivity index (χ1v) is 8.27. The third kappa shape index (κ3) is 2.51. The molecule has 0 aliphatic carbocycles. The number of aryl methyl sites for hydroxylation is 2. The van der Waals surface area contributed by atoms with Crippen LogP contribution in [0.2, 0.25) is 0 Å². The summed E-state index contributed by atoms with van der Waals surface area (Å²) in [7, 11) is 0. The van der Waals surface area contributed by atoms with Crippen molar-refractivity contribution in [2.24, 2.45) is 0 Å². The molecule has 5 nitrogen and oxygen atoms in total. The topological polar surface area (TPSA) is 62.2 Å². The maximum atomic E-state index is 12.4. The van der Waals surface area contributed by atoms with Gasteiger partial charge in [0.25, 0.3) is 5.91 Å². The fourth-order valence-corrected chi connectivity index (χ4v) is 3.57. The van der Waals surface area contributed by atoms with Crippen LogP contribution < -0.4 is 5.32 Å². The van der Waals surface area contributed by atoms with Crippen LogP contribution in [0.4, 0.5) is 0 Å². The molecule has 0 spiro atoms. The number of nitrogens with one attached hydrogen (secondary N) is 2. The van der Waals surface area contributed by atoms with Crippen molar-refractivity contribution < 1.29 is 4.79 Å². The number of aromatic amines is 1. The van der Waals surface area contributed by atoms with Crippen LogP contribution in [-0.4, -0.2) is 20.3 Å². The van der Waals surface area contributed by atoms with Gasteiger partial charge in [-0.05, 0) is 37.1 Å². The molecule has 0 atom stereocenters. The molecular formula is C17H16N4OS. The fraction of sp³-hybridized carbons (Fsp3) is 0.176. The van der Waals surface area contributed by atoms with Gasteiger partial charge in [-0.1, -0.05) is 6.07 Å². The summed E-state index contributed by atoms with van der Waals surface area (Å²) >= 11 is 1.58. The van der Waals surface area contributed by atoms with Gasteiger partial charge in [-0.3, -0.25) is 9.20 Å².